The van der Waals surface area contributed by atoms with Gasteiger partial charge in [-0.25, -0.2) is 4.39 Å². The molecule has 1 fully saturated rings. The molecule has 29 heavy (non-hydrogen) atoms. The van der Waals surface area contributed by atoms with Gasteiger partial charge in [-0.05, 0) is 41.8 Å². The SMILES string of the molecule is CN1C(=O)CC(C(=O)Nc2ccc3c(c2F)CCNC3)C1c1cccnc1.Cl.Cl. The topological polar surface area (TPSA) is 74.3 Å². The third kappa shape index (κ3) is 4.37. The predicted octanol–water partition coefficient (Wildman–Crippen LogP) is 2.87. The van der Waals surface area contributed by atoms with Crippen LogP contribution in [0.25, 0.3) is 0 Å². The van der Waals surface area contributed by atoms with E-state index >= 15 is 0 Å². The maximum atomic E-state index is 14.8. The second kappa shape index (κ2) is 9.52. The van der Waals surface area contributed by atoms with Crippen LogP contribution >= 0.6 is 24.8 Å². The van der Waals surface area contributed by atoms with Crippen LogP contribution < -0.4 is 10.6 Å². The highest BCUT2D eigenvalue weighted by molar-refractivity contribution is 5.98. The minimum atomic E-state index is -0.594. The molecule has 1 saturated heterocycles. The first-order valence-electron chi connectivity index (χ1n) is 9.03. The molecule has 2 amide bonds. The summed E-state index contributed by atoms with van der Waals surface area (Å²) in [4.78, 5) is 30.8. The lowest BCUT2D eigenvalue weighted by Crippen LogP contribution is -2.30. The Bertz CT molecular complexity index is 898. The number of likely N-dealkylation sites (tertiary alicyclic amines) is 1. The molecule has 0 aliphatic carbocycles. The molecule has 0 bridgehead atoms. The lowest BCUT2D eigenvalue weighted by atomic mass is 9.93. The molecule has 1 aromatic heterocycles. The highest BCUT2D eigenvalue weighted by Crippen LogP contribution is 2.37. The largest absolute Gasteiger partial charge is 0.338 e. The number of fused-ring (bicyclic) bond motifs is 1. The molecular formula is C20H23Cl2FN4O2. The van der Waals surface area contributed by atoms with Crippen LogP contribution in [0, 0.1) is 11.7 Å². The van der Waals surface area contributed by atoms with E-state index in [4.69, 9.17) is 0 Å². The minimum absolute atomic E-state index is 0. The molecular weight excluding hydrogens is 418 g/mol. The third-order valence-electron chi connectivity index (χ3n) is 5.41. The Morgan fingerprint density at radius 3 is 2.83 bits per heavy atom. The summed E-state index contributed by atoms with van der Waals surface area (Å²) in [5.74, 6) is -1.43. The first-order valence-corrected chi connectivity index (χ1v) is 9.03. The first-order chi connectivity index (χ1) is 13.1. The Hall–Kier alpha value is -2.22. The second-order valence-corrected chi connectivity index (χ2v) is 7.03. The lowest BCUT2D eigenvalue weighted by Gasteiger charge is -2.25. The average molecular weight is 441 g/mol. The number of nitrogens with zero attached hydrogens (tertiary/aromatic N) is 2. The van der Waals surface area contributed by atoms with Crippen LogP contribution in [0.2, 0.25) is 0 Å². The molecule has 0 saturated carbocycles. The Morgan fingerprint density at radius 1 is 1.31 bits per heavy atom. The molecule has 2 aliphatic heterocycles. The summed E-state index contributed by atoms with van der Waals surface area (Å²) in [6.45, 7) is 1.35. The Balaban J connectivity index is 0.00000150. The van der Waals surface area contributed by atoms with Crippen molar-refractivity contribution < 1.29 is 14.0 Å². The summed E-state index contributed by atoms with van der Waals surface area (Å²) in [5, 5.41) is 5.91. The maximum Gasteiger partial charge on any atom is 0.230 e. The number of nitrogens with one attached hydrogen (secondary N) is 2. The number of rotatable bonds is 3. The molecule has 156 valence electrons. The van der Waals surface area contributed by atoms with Crippen molar-refractivity contribution in [1.82, 2.24) is 15.2 Å². The summed E-state index contributed by atoms with van der Waals surface area (Å²) in [5.41, 5.74) is 2.53. The smallest absolute Gasteiger partial charge is 0.230 e. The van der Waals surface area contributed by atoms with Crippen LogP contribution in [0.15, 0.2) is 36.7 Å². The first kappa shape index (κ1) is 23.1. The van der Waals surface area contributed by atoms with Crippen LogP contribution in [0.4, 0.5) is 10.1 Å². The van der Waals surface area contributed by atoms with E-state index in [1.54, 1.807) is 36.5 Å². The van der Waals surface area contributed by atoms with Gasteiger partial charge in [0, 0.05) is 32.4 Å². The third-order valence-corrected chi connectivity index (χ3v) is 5.41. The molecule has 0 spiro atoms. The molecule has 6 nitrogen and oxygen atoms in total. The number of anilines is 1. The van der Waals surface area contributed by atoms with E-state index in [9.17, 15) is 14.0 Å². The number of hydrogen-bond donors (Lipinski definition) is 2. The zero-order chi connectivity index (χ0) is 19.0. The molecule has 2 aliphatic rings. The average Bonchev–Trinajstić information content (AvgIpc) is 3.00. The second-order valence-electron chi connectivity index (χ2n) is 7.03. The van der Waals surface area contributed by atoms with Gasteiger partial charge in [-0.2, -0.15) is 0 Å². The number of benzene rings is 1. The van der Waals surface area contributed by atoms with Crippen molar-refractivity contribution in [3.05, 3.63) is 59.2 Å². The highest BCUT2D eigenvalue weighted by Gasteiger charge is 2.43. The minimum Gasteiger partial charge on any atom is -0.338 e. The fraction of sp³-hybridized carbons (Fsp3) is 0.350. The maximum absolute atomic E-state index is 14.8. The van der Waals surface area contributed by atoms with Crippen molar-refractivity contribution >= 4 is 42.3 Å². The molecule has 1 aromatic carbocycles. The summed E-state index contributed by atoms with van der Waals surface area (Å²) < 4.78 is 14.8. The van der Waals surface area contributed by atoms with E-state index in [1.165, 1.54) is 0 Å². The lowest BCUT2D eigenvalue weighted by molar-refractivity contribution is -0.127. The standard InChI is InChI=1S/C20H21FN4O2.2ClH/c1-25-17(26)9-15(19(25)13-3-2-7-22-11-13)20(27)24-16-5-4-12-10-23-8-6-14(12)18(16)21;;/h2-5,7,11,15,19,23H,6,8-10H2,1H3,(H,24,27);2*1H. The van der Waals surface area contributed by atoms with Gasteiger partial charge in [0.25, 0.3) is 0 Å². The Morgan fingerprint density at radius 2 is 2.10 bits per heavy atom. The number of pyridine rings is 1. The molecule has 2 N–H and O–H groups in total. The van der Waals surface area contributed by atoms with E-state index in [-0.39, 0.29) is 54.6 Å². The predicted molar refractivity (Wildman–Crippen MR) is 113 cm³/mol. The zero-order valence-corrected chi connectivity index (χ0v) is 17.5. The van der Waals surface area contributed by atoms with Crippen molar-refractivity contribution in [2.24, 2.45) is 5.92 Å². The van der Waals surface area contributed by atoms with Gasteiger partial charge in [-0.15, -0.1) is 24.8 Å². The van der Waals surface area contributed by atoms with E-state index < -0.39 is 12.0 Å². The number of hydrogen-bond acceptors (Lipinski definition) is 4. The van der Waals surface area contributed by atoms with Gasteiger partial charge in [0.2, 0.25) is 11.8 Å². The number of aromatic nitrogens is 1. The number of halogens is 3. The molecule has 3 heterocycles. The molecule has 9 heteroatoms. The zero-order valence-electron chi connectivity index (χ0n) is 15.9. The van der Waals surface area contributed by atoms with E-state index in [0.29, 0.717) is 25.1 Å². The van der Waals surface area contributed by atoms with Gasteiger partial charge in [-0.3, -0.25) is 14.6 Å². The van der Waals surface area contributed by atoms with E-state index in [0.717, 1.165) is 11.1 Å². The normalized spacial score (nSPS) is 20.3. The van der Waals surface area contributed by atoms with E-state index in [1.807, 2.05) is 12.1 Å². The number of carbonyl (C=O) groups excluding carboxylic acids is 2. The van der Waals surface area contributed by atoms with Crippen molar-refractivity contribution in [3.8, 4) is 0 Å². The highest BCUT2D eigenvalue weighted by atomic mass is 35.5. The van der Waals surface area contributed by atoms with Gasteiger partial charge in [0.1, 0.15) is 5.82 Å². The fourth-order valence-electron chi connectivity index (χ4n) is 3.97. The van der Waals surface area contributed by atoms with Crippen molar-refractivity contribution in [3.63, 3.8) is 0 Å². The van der Waals surface area contributed by atoms with Crippen LogP contribution in [0.1, 0.15) is 29.2 Å². The molecule has 0 radical (unpaired) electrons. The summed E-state index contributed by atoms with van der Waals surface area (Å²) in [6, 6.07) is 6.65. The molecule has 2 unspecified atom stereocenters. The van der Waals surface area contributed by atoms with Gasteiger partial charge < -0.3 is 15.5 Å². The van der Waals surface area contributed by atoms with Crippen LogP contribution in [0.3, 0.4) is 0 Å². The Labute approximate surface area is 181 Å². The summed E-state index contributed by atoms with van der Waals surface area (Å²) in [7, 11) is 1.68. The number of amides is 2. The van der Waals surface area contributed by atoms with Gasteiger partial charge in [0.05, 0.1) is 17.6 Å². The summed E-state index contributed by atoms with van der Waals surface area (Å²) >= 11 is 0. The van der Waals surface area contributed by atoms with Crippen LogP contribution in [0.5, 0.6) is 0 Å². The molecule has 2 aromatic rings. The van der Waals surface area contributed by atoms with E-state index in [2.05, 4.69) is 15.6 Å². The summed E-state index contributed by atoms with van der Waals surface area (Å²) in [6.07, 6.45) is 3.99. The fourth-order valence-corrected chi connectivity index (χ4v) is 3.97. The molecule has 4 rings (SSSR count). The van der Waals surface area contributed by atoms with Gasteiger partial charge in [-0.1, -0.05) is 12.1 Å². The van der Waals surface area contributed by atoms with Crippen LogP contribution in [-0.4, -0.2) is 35.3 Å². The Kier molecular flexibility index (Phi) is 7.57. The van der Waals surface area contributed by atoms with Crippen molar-refractivity contribution in [1.29, 1.82) is 0 Å². The molecule has 2 atom stereocenters. The number of carbonyl (C=O) groups is 2. The van der Waals surface area contributed by atoms with Crippen molar-refractivity contribution in [2.45, 2.75) is 25.4 Å². The van der Waals surface area contributed by atoms with Gasteiger partial charge >= 0.3 is 0 Å². The van der Waals surface area contributed by atoms with Crippen LogP contribution in [-0.2, 0) is 22.6 Å². The van der Waals surface area contributed by atoms with Gasteiger partial charge in [0.15, 0.2) is 0 Å². The quantitative estimate of drug-likeness (QED) is 0.769. The monoisotopic (exact) mass is 440 g/mol. The van der Waals surface area contributed by atoms with Crippen molar-refractivity contribution in [2.75, 3.05) is 18.9 Å².